The molecule has 1 amide bonds. The van der Waals surface area contributed by atoms with Crippen molar-refractivity contribution in [2.24, 2.45) is 0 Å². The van der Waals surface area contributed by atoms with Crippen LogP contribution in [0.5, 0.6) is 0 Å². The minimum Gasteiger partial charge on any atom is -0.449 e. The molecule has 1 aromatic heterocycles. The third-order valence-corrected chi connectivity index (χ3v) is 7.78. The molecule has 1 N–H and O–H groups in total. The quantitative estimate of drug-likeness (QED) is 0.618. The number of fused-ring (bicyclic) bond motifs is 7. The Hall–Kier alpha value is -2.18. The van der Waals surface area contributed by atoms with Crippen molar-refractivity contribution in [3.8, 4) is 0 Å². The Labute approximate surface area is 209 Å². The highest BCUT2D eigenvalue weighted by Gasteiger charge is 2.44. The SMILES string of the molecule is C[C@@H]1C[C@H](NS(C)(=O)=O)[C@@H]2COC3CCC(CC3)c3cc(C(F)(F)F)cc(n3)/C=C\CCOC(=O)N12. The zero-order valence-electron chi connectivity index (χ0n) is 20.3. The molecule has 4 heterocycles. The summed E-state index contributed by atoms with van der Waals surface area (Å²) in [6.45, 7) is 1.99. The van der Waals surface area contributed by atoms with Crippen molar-refractivity contribution in [1.82, 2.24) is 14.6 Å². The molecule has 1 aromatic rings. The fourth-order valence-electron chi connectivity index (χ4n) is 5.36. The molecular weight excluding hydrogens is 499 g/mol. The van der Waals surface area contributed by atoms with E-state index in [1.54, 1.807) is 6.08 Å². The number of carbonyl (C=O) groups excluding carboxylic acids is 1. The number of hydrogen-bond acceptors (Lipinski definition) is 6. The second kappa shape index (κ2) is 10.7. The highest BCUT2D eigenvalue weighted by atomic mass is 32.2. The molecule has 1 saturated heterocycles. The highest BCUT2D eigenvalue weighted by molar-refractivity contribution is 7.88. The zero-order valence-corrected chi connectivity index (χ0v) is 21.1. The number of sulfonamides is 1. The van der Waals surface area contributed by atoms with Crippen LogP contribution in [-0.4, -0.2) is 68.1 Å². The van der Waals surface area contributed by atoms with E-state index in [4.69, 9.17) is 9.47 Å². The van der Waals surface area contributed by atoms with Crippen LogP contribution in [0.1, 0.15) is 68.3 Å². The summed E-state index contributed by atoms with van der Waals surface area (Å²) in [5.74, 6) is -0.109. The van der Waals surface area contributed by atoms with Crippen molar-refractivity contribution < 1.29 is 35.9 Å². The minimum atomic E-state index is -4.48. The molecule has 0 unspecified atom stereocenters. The molecule has 36 heavy (non-hydrogen) atoms. The first-order valence-electron chi connectivity index (χ1n) is 12.2. The van der Waals surface area contributed by atoms with Gasteiger partial charge in [-0.3, -0.25) is 9.88 Å². The van der Waals surface area contributed by atoms with Gasteiger partial charge >= 0.3 is 12.3 Å². The van der Waals surface area contributed by atoms with Crippen LogP contribution in [0.3, 0.4) is 0 Å². The molecule has 200 valence electrons. The van der Waals surface area contributed by atoms with Crippen LogP contribution < -0.4 is 4.72 Å². The van der Waals surface area contributed by atoms with Crippen molar-refractivity contribution in [1.29, 1.82) is 0 Å². The van der Waals surface area contributed by atoms with Crippen LogP contribution in [-0.2, 0) is 25.7 Å². The second-order valence-electron chi connectivity index (χ2n) is 9.87. The largest absolute Gasteiger partial charge is 0.449 e. The Balaban J connectivity index is 1.59. The van der Waals surface area contributed by atoms with Gasteiger partial charge in [-0.15, -0.1) is 0 Å². The number of nitrogens with zero attached hydrogens (tertiary/aromatic N) is 2. The van der Waals surface area contributed by atoms with Crippen molar-refractivity contribution >= 4 is 22.2 Å². The summed E-state index contributed by atoms with van der Waals surface area (Å²) in [6.07, 6.45) is 2.28. The molecule has 3 atom stereocenters. The molecule has 0 radical (unpaired) electrons. The summed E-state index contributed by atoms with van der Waals surface area (Å²) >= 11 is 0. The van der Waals surface area contributed by atoms with E-state index < -0.39 is 39.9 Å². The number of hydrogen-bond donors (Lipinski definition) is 1. The summed E-state index contributed by atoms with van der Waals surface area (Å²) in [5.41, 5.74) is -0.0856. The number of halogens is 3. The molecule has 1 aliphatic carbocycles. The van der Waals surface area contributed by atoms with Gasteiger partial charge in [0.15, 0.2) is 0 Å². The molecule has 3 aliphatic heterocycles. The van der Waals surface area contributed by atoms with E-state index in [9.17, 15) is 26.4 Å². The lowest BCUT2D eigenvalue weighted by atomic mass is 9.84. The van der Waals surface area contributed by atoms with Gasteiger partial charge in [0.1, 0.15) is 0 Å². The predicted octanol–water partition coefficient (Wildman–Crippen LogP) is 4.08. The number of alkyl halides is 3. The lowest BCUT2D eigenvalue weighted by Crippen LogP contribution is -2.50. The Bertz CT molecular complexity index is 1090. The third kappa shape index (κ3) is 6.57. The number of rotatable bonds is 2. The van der Waals surface area contributed by atoms with Crippen LogP contribution in [0, 0.1) is 0 Å². The maximum atomic E-state index is 13.5. The van der Waals surface area contributed by atoms with Gasteiger partial charge in [0.25, 0.3) is 0 Å². The first kappa shape index (κ1) is 26.9. The summed E-state index contributed by atoms with van der Waals surface area (Å²) in [4.78, 5) is 18.9. The van der Waals surface area contributed by atoms with E-state index in [1.807, 2.05) is 6.92 Å². The fourth-order valence-corrected chi connectivity index (χ4v) is 6.16. The molecule has 4 bridgehead atoms. The summed E-state index contributed by atoms with van der Waals surface area (Å²) < 4.78 is 78.6. The Morgan fingerprint density at radius 3 is 2.56 bits per heavy atom. The molecular formula is C24H32F3N3O5S. The van der Waals surface area contributed by atoms with E-state index in [0.29, 0.717) is 44.2 Å². The van der Waals surface area contributed by atoms with Crippen LogP contribution in [0.4, 0.5) is 18.0 Å². The van der Waals surface area contributed by atoms with Gasteiger partial charge in [-0.05, 0) is 63.7 Å². The molecule has 2 fully saturated rings. The van der Waals surface area contributed by atoms with Gasteiger partial charge in [-0.2, -0.15) is 13.2 Å². The number of carbonyl (C=O) groups is 1. The highest BCUT2D eigenvalue weighted by Crippen LogP contribution is 2.37. The number of nitrogens with one attached hydrogen (secondary N) is 1. The predicted molar refractivity (Wildman–Crippen MR) is 127 cm³/mol. The van der Waals surface area contributed by atoms with Crippen LogP contribution in [0.15, 0.2) is 18.2 Å². The van der Waals surface area contributed by atoms with E-state index in [-0.39, 0.29) is 37.0 Å². The van der Waals surface area contributed by atoms with Crippen molar-refractivity contribution in [3.63, 3.8) is 0 Å². The smallest absolute Gasteiger partial charge is 0.416 e. The van der Waals surface area contributed by atoms with Gasteiger partial charge in [-0.1, -0.05) is 6.08 Å². The summed E-state index contributed by atoms with van der Waals surface area (Å²) in [6, 6.07) is 0.869. The molecule has 5 rings (SSSR count). The number of amides is 1. The van der Waals surface area contributed by atoms with E-state index >= 15 is 0 Å². The first-order valence-corrected chi connectivity index (χ1v) is 14.1. The van der Waals surface area contributed by atoms with Crippen LogP contribution >= 0.6 is 0 Å². The normalized spacial score (nSPS) is 31.0. The first-order chi connectivity index (χ1) is 16.9. The molecule has 1 saturated carbocycles. The van der Waals surface area contributed by atoms with Gasteiger partial charge in [0, 0.05) is 23.7 Å². The molecule has 12 heteroatoms. The molecule has 0 spiro atoms. The van der Waals surface area contributed by atoms with Gasteiger partial charge in [0.05, 0.1) is 42.9 Å². The number of aromatic nitrogens is 1. The van der Waals surface area contributed by atoms with E-state index in [0.717, 1.165) is 18.4 Å². The Morgan fingerprint density at radius 2 is 1.89 bits per heavy atom. The number of pyridine rings is 1. The summed E-state index contributed by atoms with van der Waals surface area (Å²) in [7, 11) is -3.51. The lowest BCUT2D eigenvalue weighted by Gasteiger charge is -2.33. The van der Waals surface area contributed by atoms with Gasteiger partial charge < -0.3 is 9.47 Å². The summed E-state index contributed by atoms with van der Waals surface area (Å²) in [5, 5.41) is 0. The minimum absolute atomic E-state index is 0.0212. The second-order valence-corrected chi connectivity index (χ2v) is 11.7. The maximum absolute atomic E-state index is 13.5. The molecule has 0 aromatic carbocycles. The fraction of sp³-hybridized carbons (Fsp3) is 0.667. The monoisotopic (exact) mass is 531 g/mol. The van der Waals surface area contributed by atoms with E-state index in [2.05, 4.69) is 9.71 Å². The Kier molecular flexibility index (Phi) is 7.96. The Morgan fingerprint density at radius 1 is 1.17 bits per heavy atom. The van der Waals surface area contributed by atoms with Crippen LogP contribution in [0.25, 0.3) is 6.08 Å². The van der Waals surface area contributed by atoms with Gasteiger partial charge in [0.2, 0.25) is 10.0 Å². The van der Waals surface area contributed by atoms with Crippen molar-refractivity contribution in [3.05, 3.63) is 35.2 Å². The average Bonchev–Trinajstić information content (AvgIpc) is 3.09. The zero-order chi connectivity index (χ0) is 26.1. The molecule has 4 aliphatic rings. The molecule has 8 nitrogen and oxygen atoms in total. The third-order valence-electron chi connectivity index (χ3n) is 7.05. The van der Waals surface area contributed by atoms with Gasteiger partial charge in [-0.25, -0.2) is 17.9 Å². The average molecular weight is 532 g/mol. The maximum Gasteiger partial charge on any atom is 0.416 e. The topological polar surface area (TPSA) is 97.8 Å². The standard InChI is InChI=1S/C24H32F3N3O5S/c1-15-11-21(29-36(2,32)33)22-14-35-19-8-6-16(7-9-19)20-13-17(24(25,26)27)12-18(28-20)5-3-4-10-34-23(31)30(15)22/h3,5,12-13,15-16,19,21-22,29H,4,6-11,14H2,1-2H3/b5-3-/t15-,16?,19?,21+,22+/m1/s1. The number of ether oxygens (including phenoxy) is 2. The van der Waals surface area contributed by atoms with Crippen LogP contribution in [0.2, 0.25) is 0 Å². The van der Waals surface area contributed by atoms with Crippen molar-refractivity contribution in [2.45, 2.75) is 81.8 Å². The van der Waals surface area contributed by atoms with E-state index in [1.165, 1.54) is 11.0 Å². The lowest BCUT2D eigenvalue weighted by molar-refractivity contribution is -0.137. The van der Waals surface area contributed by atoms with Crippen molar-refractivity contribution in [2.75, 3.05) is 19.5 Å².